The van der Waals surface area contributed by atoms with Crippen LogP contribution in [0.3, 0.4) is 0 Å². The van der Waals surface area contributed by atoms with E-state index in [9.17, 15) is 0 Å². The highest BCUT2D eigenvalue weighted by atomic mass is 16.5. The summed E-state index contributed by atoms with van der Waals surface area (Å²) < 4.78 is 5.18. The molecule has 1 aromatic carbocycles. The van der Waals surface area contributed by atoms with Gasteiger partial charge >= 0.3 is 0 Å². The van der Waals surface area contributed by atoms with Crippen LogP contribution in [-0.2, 0) is 0 Å². The summed E-state index contributed by atoms with van der Waals surface area (Å²) >= 11 is 0. The average Bonchev–Trinajstić information content (AvgIpc) is 2.29. The van der Waals surface area contributed by atoms with Gasteiger partial charge in [-0.3, -0.25) is 0 Å². The minimum absolute atomic E-state index is 0.202. The van der Waals surface area contributed by atoms with E-state index in [-0.39, 0.29) is 5.41 Å². The molecule has 2 heteroatoms. The molecule has 1 fully saturated rings. The minimum atomic E-state index is 0.202. The van der Waals surface area contributed by atoms with Crippen molar-refractivity contribution in [1.82, 2.24) is 0 Å². The lowest BCUT2D eigenvalue weighted by atomic mass is 9.51. The van der Waals surface area contributed by atoms with E-state index in [0.717, 1.165) is 5.75 Å². The van der Waals surface area contributed by atoms with Crippen molar-refractivity contribution in [2.75, 3.05) is 7.11 Å². The molecule has 0 bridgehead atoms. The molecule has 3 atom stereocenters. The van der Waals surface area contributed by atoms with Crippen molar-refractivity contribution >= 4 is 0 Å². The Balaban J connectivity index is 2.24. The van der Waals surface area contributed by atoms with E-state index in [1.54, 1.807) is 7.11 Å². The fourth-order valence-corrected chi connectivity index (χ4v) is 3.20. The largest absolute Gasteiger partial charge is 0.497 e. The number of methoxy groups -OCH3 is 1. The molecule has 2 rings (SSSR count). The third-order valence-corrected chi connectivity index (χ3v) is 4.23. The predicted octanol–water partition coefficient (Wildman–Crippen LogP) is 2.78. The van der Waals surface area contributed by atoms with Crippen LogP contribution in [0.15, 0.2) is 24.3 Å². The molecule has 88 valence electrons. The molecule has 0 saturated heterocycles. The van der Waals surface area contributed by atoms with E-state index in [1.165, 1.54) is 5.56 Å². The fourth-order valence-electron chi connectivity index (χ4n) is 3.20. The molecule has 0 aliphatic heterocycles. The first-order valence-electron chi connectivity index (χ1n) is 5.88. The van der Waals surface area contributed by atoms with Gasteiger partial charge in [-0.05, 0) is 34.9 Å². The van der Waals surface area contributed by atoms with Gasteiger partial charge in [0, 0.05) is 6.04 Å². The van der Waals surface area contributed by atoms with E-state index in [2.05, 4.69) is 32.9 Å². The average molecular weight is 219 g/mol. The van der Waals surface area contributed by atoms with Crippen LogP contribution in [0.5, 0.6) is 5.75 Å². The molecule has 1 saturated carbocycles. The molecule has 1 aliphatic carbocycles. The third-order valence-electron chi connectivity index (χ3n) is 4.23. The topological polar surface area (TPSA) is 35.2 Å². The Morgan fingerprint density at radius 3 is 2.19 bits per heavy atom. The predicted molar refractivity (Wildman–Crippen MR) is 66.7 cm³/mol. The Labute approximate surface area is 97.8 Å². The molecule has 3 unspecified atom stereocenters. The lowest BCUT2D eigenvalue weighted by Crippen LogP contribution is -2.59. The Hall–Kier alpha value is -1.02. The van der Waals surface area contributed by atoms with Gasteiger partial charge in [0.15, 0.2) is 0 Å². The van der Waals surface area contributed by atoms with Gasteiger partial charge in [0.2, 0.25) is 0 Å². The first-order chi connectivity index (χ1) is 7.48. The lowest BCUT2D eigenvalue weighted by Gasteiger charge is -2.56. The summed E-state index contributed by atoms with van der Waals surface area (Å²) in [4.78, 5) is 0. The Morgan fingerprint density at radius 1 is 1.19 bits per heavy atom. The van der Waals surface area contributed by atoms with Crippen LogP contribution in [-0.4, -0.2) is 13.2 Å². The molecule has 2 nitrogen and oxygen atoms in total. The van der Waals surface area contributed by atoms with Gasteiger partial charge in [0.1, 0.15) is 5.75 Å². The van der Waals surface area contributed by atoms with Gasteiger partial charge in [-0.1, -0.05) is 32.9 Å². The molecule has 0 aromatic heterocycles. The van der Waals surface area contributed by atoms with E-state index in [0.29, 0.717) is 17.9 Å². The monoisotopic (exact) mass is 219 g/mol. The van der Waals surface area contributed by atoms with Gasteiger partial charge in [0.05, 0.1) is 7.11 Å². The summed E-state index contributed by atoms with van der Waals surface area (Å²) in [5, 5.41) is 0. The summed E-state index contributed by atoms with van der Waals surface area (Å²) in [6.45, 7) is 6.75. The summed E-state index contributed by atoms with van der Waals surface area (Å²) in [7, 11) is 1.70. The number of hydrogen-bond donors (Lipinski definition) is 1. The van der Waals surface area contributed by atoms with Crippen LogP contribution in [0.4, 0.5) is 0 Å². The maximum atomic E-state index is 6.16. The van der Waals surface area contributed by atoms with Crippen molar-refractivity contribution in [3.8, 4) is 5.75 Å². The number of nitrogens with two attached hydrogens (primary N) is 1. The summed E-state index contributed by atoms with van der Waals surface area (Å²) in [6, 6.07) is 8.69. The Kier molecular flexibility index (Phi) is 2.70. The second kappa shape index (κ2) is 3.77. The second-order valence-corrected chi connectivity index (χ2v) is 5.46. The summed E-state index contributed by atoms with van der Waals surface area (Å²) in [5.41, 5.74) is 7.74. The molecular weight excluding hydrogens is 198 g/mol. The third kappa shape index (κ3) is 1.52. The molecule has 0 radical (unpaired) electrons. The van der Waals surface area contributed by atoms with Crippen molar-refractivity contribution in [2.45, 2.75) is 32.7 Å². The first kappa shape index (κ1) is 11.5. The van der Waals surface area contributed by atoms with E-state index < -0.39 is 0 Å². The highest BCUT2D eigenvalue weighted by Crippen LogP contribution is 2.55. The summed E-state index contributed by atoms with van der Waals surface area (Å²) in [5.74, 6) is 2.04. The number of hydrogen-bond acceptors (Lipinski definition) is 2. The Morgan fingerprint density at radius 2 is 1.75 bits per heavy atom. The van der Waals surface area contributed by atoms with Crippen LogP contribution >= 0.6 is 0 Å². The quantitative estimate of drug-likeness (QED) is 0.830. The van der Waals surface area contributed by atoms with Crippen molar-refractivity contribution in [1.29, 1.82) is 0 Å². The Bertz CT molecular complexity index is 369. The van der Waals surface area contributed by atoms with Gasteiger partial charge in [0.25, 0.3) is 0 Å². The number of ether oxygens (including phenoxy) is 1. The van der Waals surface area contributed by atoms with Gasteiger partial charge in [-0.15, -0.1) is 0 Å². The van der Waals surface area contributed by atoms with Gasteiger partial charge < -0.3 is 10.5 Å². The molecule has 0 spiro atoms. The molecule has 2 N–H and O–H groups in total. The minimum Gasteiger partial charge on any atom is -0.497 e. The van der Waals surface area contributed by atoms with Crippen molar-refractivity contribution in [2.24, 2.45) is 17.1 Å². The van der Waals surface area contributed by atoms with Crippen LogP contribution in [0, 0.1) is 11.3 Å². The molecule has 1 aliphatic rings. The fraction of sp³-hybridized carbons (Fsp3) is 0.571. The van der Waals surface area contributed by atoms with E-state index in [1.807, 2.05) is 12.1 Å². The van der Waals surface area contributed by atoms with E-state index >= 15 is 0 Å². The maximum absolute atomic E-state index is 6.16. The highest BCUT2D eigenvalue weighted by molar-refractivity contribution is 5.34. The molecule has 1 aromatic rings. The zero-order valence-corrected chi connectivity index (χ0v) is 10.5. The molecular formula is C14H21NO. The molecule has 0 amide bonds. The number of benzene rings is 1. The van der Waals surface area contributed by atoms with Gasteiger partial charge in [-0.2, -0.15) is 0 Å². The second-order valence-electron chi connectivity index (χ2n) is 5.46. The van der Waals surface area contributed by atoms with Crippen molar-refractivity contribution in [3.63, 3.8) is 0 Å². The van der Waals surface area contributed by atoms with Crippen LogP contribution in [0.2, 0.25) is 0 Å². The van der Waals surface area contributed by atoms with Crippen LogP contribution in [0.25, 0.3) is 0 Å². The highest BCUT2D eigenvalue weighted by Gasteiger charge is 2.52. The summed E-state index contributed by atoms with van der Waals surface area (Å²) in [6.07, 6.45) is 0. The van der Waals surface area contributed by atoms with Gasteiger partial charge in [-0.25, -0.2) is 0 Å². The van der Waals surface area contributed by atoms with Crippen LogP contribution < -0.4 is 10.5 Å². The number of rotatable bonds is 2. The first-order valence-corrected chi connectivity index (χ1v) is 5.88. The van der Waals surface area contributed by atoms with E-state index in [4.69, 9.17) is 10.5 Å². The zero-order chi connectivity index (χ0) is 11.9. The maximum Gasteiger partial charge on any atom is 0.118 e. The van der Waals surface area contributed by atoms with Crippen molar-refractivity contribution < 1.29 is 4.74 Å². The van der Waals surface area contributed by atoms with Crippen molar-refractivity contribution in [3.05, 3.63) is 29.8 Å². The van der Waals surface area contributed by atoms with Crippen LogP contribution in [0.1, 0.15) is 32.3 Å². The normalized spacial score (nSPS) is 31.9. The molecule has 16 heavy (non-hydrogen) atoms. The zero-order valence-electron chi connectivity index (χ0n) is 10.5. The molecule has 0 heterocycles. The SMILES string of the molecule is COc1ccc(C2C(C)C(N)C2(C)C)cc1. The lowest BCUT2D eigenvalue weighted by molar-refractivity contribution is 0.0255. The smallest absolute Gasteiger partial charge is 0.118 e. The standard InChI is InChI=1S/C14H21NO/c1-9-12(14(2,3)13(9)15)10-5-7-11(16-4)8-6-10/h5-9,12-13H,15H2,1-4H3.